The molecule has 0 heterocycles. The van der Waals surface area contributed by atoms with Crippen molar-refractivity contribution in [3.63, 3.8) is 0 Å². The van der Waals surface area contributed by atoms with E-state index in [0.29, 0.717) is 42.9 Å². The standard InChI is InChI=1S/2C25H34F2O6/c1-17(2)33-23(31)12-8-4-7-11-20(28)24-19(21(29)15-22(24)30)13-14-25(26,27)16-32-18-9-5-3-6-10-18;1-17(2)33-24(31)11-7-6-8-18(28)14-21-20(22(29)15-23(21)30)12-13-25(26,27)16-32-19-9-4-3-5-10-19/h3,5-7,9-11,13-14,17,19-22,24,28-30H,4,8,12,15-16H2,1-2H3;3-6,8-10,12-13,17-18,20-23,28-30H,7,11,14-16H2,1-2H3/b11-7+,14-13+;8-6+,13-12+/t19-,20+,21+,22-,24-;18?,20-,21-,22-,23+/m01/s1. The molecule has 16 heteroatoms. The van der Waals surface area contributed by atoms with Crippen LogP contribution >= 0.6 is 0 Å². The van der Waals surface area contributed by atoms with E-state index in [-0.39, 0.29) is 56.3 Å². The molecule has 6 N–H and O–H groups in total. The number of para-hydroxylation sites is 2. The number of carbonyl (C=O) groups is 2. The van der Waals surface area contributed by atoms with Crippen LogP contribution < -0.4 is 9.47 Å². The summed E-state index contributed by atoms with van der Waals surface area (Å²) in [4.78, 5) is 23.0. The average molecular weight is 937 g/mol. The molecule has 0 spiro atoms. The van der Waals surface area contributed by atoms with Crippen molar-refractivity contribution in [2.45, 2.75) is 140 Å². The largest absolute Gasteiger partial charge is 0.487 e. The van der Waals surface area contributed by atoms with Gasteiger partial charge in [0.25, 0.3) is 11.8 Å². The van der Waals surface area contributed by atoms with Crippen LogP contribution in [0.5, 0.6) is 11.5 Å². The number of aliphatic hydroxyl groups is 6. The van der Waals surface area contributed by atoms with Gasteiger partial charge in [0.05, 0.1) is 48.8 Å². The SMILES string of the molecule is CC(C)OC(=O)CC/C=C/C(O)C[C@@H]1[C@@H](/C=C/C(F)(F)COc2ccccc2)[C@H](O)C[C@@H]1O.CC(C)OC(=O)CCC/C=C/[C@@H](O)[C@@H]1[C@@H](/C=C/C(F)(F)COc2ccccc2)[C@H](O)C[C@@H]1O. The van der Waals surface area contributed by atoms with Crippen LogP contribution in [0.15, 0.2) is 109 Å². The van der Waals surface area contributed by atoms with E-state index in [1.807, 2.05) is 0 Å². The lowest BCUT2D eigenvalue weighted by Crippen LogP contribution is -2.32. The molecule has 66 heavy (non-hydrogen) atoms. The van der Waals surface area contributed by atoms with Crippen molar-refractivity contribution in [1.29, 1.82) is 0 Å². The Balaban J connectivity index is 0.000000350. The minimum Gasteiger partial charge on any atom is -0.487 e. The summed E-state index contributed by atoms with van der Waals surface area (Å²) in [6.45, 7) is 5.34. The third-order valence-electron chi connectivity index (χ3n) is 10.8. The molecule has 12 nitrogen and oxygen atoms in total. The lowest BCUT2D eigenvalue weighted by atomic mass is 9.87. The van der Waals surface area contributed by atoms with Crippen LogP contribution in [0.2, 0.25) is 0 Å². The van der Waals surface area contributed by atoms with Crippen LogP contribution in [-0.4, -0.2) is 116 Å². The number of alkyl halides is 4. The second kappa shape index (κ2) is 27.9. The summed E-state index contributed by atoms with van der Waals surface area (Å²) in [6.07, 6.45) is 5.50. The molecule has 4 rings (SSSR count). The monoisotopic (exact) mass is 936 g/mol. The van der Waals surface area contributed by atoms with Crippen molar-refractivity contribution in [3.05, 3.63) is 109 Å². The number of carbonyl (C=O) groups excluding carboxylic acids is 2. The third kappa shape index (κ3) is 20.9. The van der Waals surface area contributed by atoms with Crippen LogP contribution in [0, 0.1) is 23.7 Å². The molecule has 2 aromatic carbocycles. The Morgan fingerprint density at radius 3 is 1.65 bits per heavy atom. The fourth-order valence-corrected chi connectivity index (χ4v) is 7.67. The maximum absolute atomic E-state index is 14.3. The smallest absolute Gasteiger partial charge is 0.306 e. The van der Waals surface area contributed by atoms with E-state index in [4.69, 9.17) is 18.9 Å². The van der Waals surface area contributed by atoms with E-state index < -0.39 is 85.4 Å². The van der Waals surface area contributed by atoms with E-state index in [0.717, 1.165) is 6.08 Å². The lowest BCUT2D eigenvalue weighted by Gasteiger charge is -2.24. The lowest BCUT2D eigenvalue weighted by molar-refractivity contribution is -0.148. The second-order valence-electron chi connectivity index (χ2n) is 17.2. The highest BCUT2D eigenvalue weighted by Crippen LogP contribution is 2.39. The Kier molecular flexibility index (Phi) is 23.6. The van der Waals surface area contributed by atoms with Gasteiger partial charge in [-0.3, -0.25) is 9.59 Å². The topological polar surface area (TPSA) is 192 Å². The van der Waals surface area contributed by atoms with Gasteiger partial charge in [-0.1, -0.05) is 72.9 Å². The summed E-state index contributed by atoms with van der Waals surface area (Å²) < 4.78 is 77.4. The molecule has 0 aliphatic heterocycles. The summed E-state index contributed by atoms with van der Waals surface area (Å²) in [5.74, 6) is -9.54. The minimum absolute atomic E-state index is 0.0162. The van der Waals surface area contributed by atoms with Gasteiger partial charge in [0.1, 0.15) is 11.5 Å². The number of ether oxygens (including phenoxy) is 4. The van der Waals surface area contributed by atoms with E-state index in [2.05, 4.69) is 0 Å². The highest BCUT2D eigenvalue weighted by Gasteiger charge is 2.44. The summed E-state index contributed by atoms with van der Waals surface area (Å²) in [5.41, 5.74) is 0. The number of allylic oxidation sites excluding steroid dienone is 2. The van der Waals surface area contributed by atoms with Crippen molar-refractivity contribution < 1.29 is 76.7 Å². The minimum atomic E-state index is -3.29. The first-order chi connectivity index (χ1) is 31.2. The molecule has 368 valence electrons. The van der Waals surface area contributed by atoms with Gasteiger partial charge in [0.15, 0.2) is 13.2 Å². The van der Waals surface area contributed by atoms with Crippen LogP contribution in [0.4, 0.5) is 17.6 Å². The van der Waals surface area contributed by atoms with Gasteiger partial charge in [-0.2, -0.15) is 17.6 Å². The van der Waals surface area contributed by atoms with Gasteiger partial charge in [-0.25, -0.2) is 0 Å². The molecule has 10 atom stereocenters. The van der Waals surface area contributed by atoms with Crippen molar-refractivity contribution >= 4 is 11.9 Å². The zero-order valence-electron chi connectivity index (χ0n) is 38.0. The quantitative estimate of drug-likeness (QED) is 0.0267. The van der Waals surface area contributed by atoms with Crippen LogP contribution in [0.25, 0.3) is 0 Å². The summed E-state index contributed by atoms with van der Waals surface area (Å²) >= 11 is 0. The first kappa shape index (κ1) is 55.7. The Morgan fingerprint density at radius 1 is 0.652 bits per heavy atom. The molecule has 0 radical (unpaired) electrons. The number of unbranched alkanes of at least 4 members (excludes halogenated alkanes) is 1. The summed E-state index contributed by atoms with van der Waals surface area (Å²) in [6, 6.07) is 16.5. The number of esters is 2. The molecule has 0 amide bonds. The van der Waals surface area contributed by atoms with Crippen LogP contribution in [-0.2, 0) is 19.1 Å². The molecule has 1 unspecified atom stereocenters. The molecule has 0 aromatic heterocycles. The first-order valence-corrected chi connectivity index (χ1v) is 22.5. The zero-order valence-corrected chi connectivity index (χ0v) is 38.0. The number of hydrogen-bond acceptors (Lipinski definition) is 12. The number of halogens is 4. The number of hydrogen-bond donors (Lipinski definition) is 6. The van der Waals surface area contributed by atoms with Gasteiger partial charge in [-0.15, -0.1) is 0 Å². The number of benzene rings is 2. The molecule has 0 saturated heterocycles. The molecule has 0 bridgehead atoms. The summed E-state index contributed by atoms with van der Waals surface area (Å²) in [7, 11) is 0. The summed E-state index contributed by atoms with van der Waals surface area (Å²) in [5, 5.41) is 61.9. The van der Waals surface area contributed by atoms with Crippen LogP contribution in [0.3, 0.4) is 0 Å². The second-order valence-corrected chi connectivity index (χ2v) is 17.2. The van der Waals surface area contributed by atoms with Gasteiger partial charge >= 0.3 is 11.9 Å². The third-order valence-corrected chi connectivity index (χ3v) is 10.8. The van der Waals surface area contributed by atoms with Gasteiger partial charge in [-0.05, 0) is 95.7 Å². The predicted molar refractivity (Wildman–Crippen MR) is 240 cm³/mol. The van der Waals surface area contributed by atoms with E-state index in [1.165, 1.54) is 18.2 Å². The molecule has 2 aromatic rings. The van der Waals surface area contributed by atoms with E-state index in [9.17, 15) is 57.8 Å². The predicted octanol–water partition coefficient (Wildman–Crippen LogP) is 7.31. The normalized spacial score (nSPS) is 24.6. The van der Waals surface area contributed by atoms with Crippen molar-refractivity contribution in [2.75, 3.05) is 13.2 Å². The average Bonchev–Trinajstić information content (AvgIpc) is 3.69. The molecular weight excluding hydrogens is 869 g/mol. The van der Waals surface area contributed by atoms with Crippen molar-refractivity contribution in [1.82, 2.24) is 0 Å². The molecule has 2 aliphatic carbocycles. The number of aliphatic hydroxyl groups excluding tert-OH is 6. The fraction of sp³-hybridized carbons (Fsp3) is 0.560. The Hall–Kier alpha value is -4.58. The van der Waals surface area contributed by atoms with E-state index in [1.54, 1.807) is 101 Å². The van der Waals surface area contributed by atoms with Gasteiger partial charge in [0.2, 0.25) is 0 Å². The highest BCUT2D eigenvalue weighted by atomic mass is 19.3. The molecule has 2 saturated carbocycles. The maximum Gasteiger partial charge on any atom is 0.306 e. The molecule has 2 fully saturated rings. The van der Waals surface area contributed by atoms with Crippen LogP contribution in [0.1, 0.15) is 79.1 Å². The fourth-order valence-electron chi connectivity index (χ4n) is 7.67. The van der Waals surface area contributed by atoms with Gasteiger partial charge < -0.3 is 49.6 Å². The molecule has 2 aliphatic rings. The maximum atomic E-state index is 14.3. The Labute approximate surface area is 385 Å². The van der Waals surface area contributed by atoms with E-state index >= 15 is 0 Å². The number of rotatable bonds is 24. The molecular formula is C50H68F4O12. The van der Waals surface area contributed by atoms with Crippen molar-refractivity contribution in [3.8, 4) is 11.5 Å². The Morgan fingerprint density at radius 2 is 1.12 bits per heavy atom. The Bertz CT molecular complexity index is 1820. The first-order valence-electron chi connectivity index (χ1n) is 22.5. The zero-order chi connectivity index (χ0) is 48.9. The van der Waals surface area contributed by atoms with Crippen molar-refractivity contribution in [2.24, 2.45) is 23.7 Å². The van der Waals surface area contributed by atoms with Gasteiger partial charge in [0, 0.05) is 43.4 Å². The highest BCUT2D eigenvalue weighted by molar-refractivity contribution is 5.69.